The SMILES string of the molecule is c1ccc(-c2c(-c3ccccc3)c3cc(-c4ccccc4N(c4ccc5c(ccc6ccccc65)c4)c4cccc5sc6ccccc6c45)ccc3c3ccccc23)cc1. The van der Waals surface area contributed by atoms with E-state index in [9.17, 15) is 0 Å². The summed E-state index contributed by atoms with van der Waals surface area (Å²) in [7, 11) is 0. The van der Waals surface area contributed by atoms with Gasteiger partial charge in [0.15, 0.2) is 0 Å². The highest BCUT2D eigenvalue weighted by Crippen LogP contribution is 2.50. The van der Waals surface area contributed by atoms with E-state index < -0.39 is 0 Å². The van der Waals surface area contributed by atoms with Crippen molar-refractivity contribution in [1.82, 2.24) is 0 Å². The summed E-state index contributed by atoms with van der Waals surface area (Å²) in [5.74, 6) is 0. The molecular formula is C58H37NS. The molecule has 1 nitrogen and oxygen atoms in total. The molecule has 0 bridgehead atoms. The van der Waals surface area contributed by atoms with Crippen LogP contribution < -0.4 is 4.90 Å². The molecule has 0 amide bonds. The third-order valence-corrected chi connectivity index (χ3v) is 13.4. The molecule has 0 aliphatic carbocycles. The molecule has 0 unspecified atom stereocenters. The summed E-state index contributed by atoms with van der Waals surface area (Å²) in [6.07, 6.45) is 0. The summed E-state index contributed by atoms with van der Waals surface area (Å²) in [5, 5.41) is 12.6. The Morgan fingerprint density at radius 3 is 1.68 bits per heavy atom. The number of rotatable bonds is 6. The molecule has 11 aromatic carbocycles. The molecule has 2 heteroatoms. The first-order valence-electron chi connectivity index (χ1n) is 20.6. The summed E-state index contributed by atoms with van der Waals surface area (Å²) >= 11 is 1.86. The van der Waals surface area contributed by atoms with Crippen molar-refractivity contribution < 1.29 is 0 Å². The van der Waals surface area contributed by atoms with Crippen molar-refractivity contribution in [2.75, 3.05) is 4.90 Å². The highest BCUT2D eigenvalue weighted by molar-refractivity contribution is 7.26. The number of thiophene rings is 1. The number of nitrogens with zero attached hydrogens (tertiary/aromatic N) is 1. The lowest BCUT2D eigenvalue weighted by Crippen LogP contribution is -2.11. The van der Waals surface area contributed by atoms with Crippen LogP contribution in [0.15, 0.2) is 224 Å². The molecular weight excluding hydrogens is 743 g/mol. The van der Waals surface area contributed by atoms with Gasteiger partial charge in [0.1, 0.15) is 0 Å². The van der Waals surface area contributed by atoms with Crippen LogP contribution in [0.4, 0.5) is 17.1 Å². The van der Waals surface area contributed by atoms with Crippen LogP contribution in [0, 0.1) is 0 Å². The molecule has 0 fully saturated rings. The smallest absolute Gasteiger partial charge is 0.0555 e. The highest BCUT2D eigenvalue weighted by atomic mass is 32.1. The maximum Gasteiger partial charge on any atom is 0.0555 e. The minimum atomic E-state index is 1.12. The van der Waals surface area contributed by atoms with Crippen LogP contribution >= 0.6 is 11.3 Å². The molecule has 0 radical (unpaired) electrons. The molecule has 0 saturated carbocycles. The van der Waals surface area contributed by atoms with Gasteiger partial charge in [0.2, 0.25) is 0 Å². The van der Waals surface area contributed by atoms with E-state index in [1.54, 1.807) is 0 Å². The van der Waals surface area contributed by atoms with Crippen molar-refractivity contribution >= 4 is 91.7 Å². The Labute approximate surface area is 352 Å². The zero-order valence-electron chi connectivity index (χ0n) is 32.7. The van der Waals surface area contributed by atoms with Crippen LogP contribution in [0.2, 0.25) is 0 Å². The zero-order chi connectivity index (χ0) is 39.6. The van der Waals surface area contributed by atoms with Crippen LogP contribution in [-0.4, -0.2) is 0 Å². The standard InChI is InChI=1S/C58H37NS/c1-3-17-39(18-4-1)56-49-24-10-9-23-47(49)48-34-32-42(37-51(48)57(56)40-19-5-2-6-20-40)46-22-11-13-26-52(46)59(53-27-15-29-55-58(53)50-25-12-14-28-54(50)60-55)43-33-35-45-41(36-43)31-30-38-16-7-8-21-44(38)45/h1-37H. The van der Waals surface area contributed by atoms with Crippen LogP contribution in [0.1, 0.15) is 0 Å². The van der Waals surface area contributed by atoms with Gasteiger partial charge >= 0.3 is 0 Å². The molecule has 1 aromatic heterocycles. The second-order valence-electron chi connectivity index (χ2n) is 15.6. The van der Waals surface area contributed by atoms with Crippen molar-refractivity contribution in [3.63, 3.8) is 0 Å². The lowest BCUT2D eigenvalue weighted by molar-refractivity contribution is 1.31. The van der Waals surface area contributed by atoms with Gasteiger partial charge in [-0.15, -0.1) is 11.3 Å². The Bertz CT molecular complexity index is 3600. The molecule has 1 heterocycles. The van der Waals surface area contributed by atoms with Crippen molar-refractivity contribution in [1.29, 1.82) is 0 Å². The minimum Gasteiger partial charge on any atom is -0.309 e. The Kier molecular flexibility index (Phi) is 8.11. The Morgan fingerprint density at radius 1 is 0.300 bits per heavy atom. The third-order valence-electron chi connectivity index (χ3n) is 12.2. The summed E-state index contributed by atoms with van der Waals surface area (Å²) < 4.78 is 2.57. The fourth-order valence-corrected chi connectivity index (χ4v) is 10.7. The van der Waals surface area contributed by atoms with Crippen molar-refractivity contribution in [3.05, 3.63) is 224 Å². The van der Waals surface area contributed by atoms with Gasteiger partial charge in [-0.05, 0) is 113 Å². The van der Waals surface area contributed by atoms with Gasteiger partial charge in [-0.25, -0.2) is 0 Å². The van der Waals surface area contributed by atoms with E-state index in [4.69, 9.17) is 0 Å². The molecule has 0 spiro atoms. The van der Waals surface area contributed by atoms with Gasteiger partial charge in [0.25, 0.3) is 0 Å². The van der Waals surface area contributed by atoms with Crippen LogP contribution in [0.5, 0.6) is 0 Å². The van der Waals surface area contributed by atoms with E-state index in [1.807, 2.05) is 11.3 Å². The number of anilines is 3. The van der Waals surface area contributed by atoms with Crippen molar-refractivity contribution in [3.8, 4) is 33.4 Å². The van der Waals surface area contributed by atoms with Crippen molar-refractivity contribution in [2.45, 2.75) is 0 Å². The molecule has 280 valence electrons. The first-order valence-corrected chi connectivity index (χ1v) is 21.4. The molecule has 12 rings (SSSR count). The number of benzene rings is 11. The Hall–Kier alpha value is -7.52. The van der Waals surface area contributed by atoms with E-state index in [-0.39, 0.29) is 0 Å². The Balaban J connectivity index is 1.15. The summed E-state index contributed by atoms with van der Waals surface area (Å²) in [5.41, 5.74) is 10.7. The molecule has 60 heavy (non-hydrogen) atoms. The normalized spacial score (nSPS) is 11.7. The minimum absolute atomic E-state index is 1.12. The molecule has 0 aliphatic rings. The van der Waals surface area contributed by atoms with E-state index in [2.05, 4.69) is 229 Å². The molecule has 0 atom stereocenters. The second kappa shape index (κ2) is 14.1. The first-order chi connectivity index (χ1) is 29.8. The number of fused-ring (bicyclic) bond motifs is 9. The summed E-state index contributed by atoms with van der Waals surface area (Å²) in [6.45, 7) is 0. The lowest BCUT2D eigenvalue weighted by atomic mass is 9.84. The van der Waals surface area contributed by atoms with Crippen LogP contribution in [-0.2, 0) is 0 Å². The predicted molar refractivity (Wildman–Crippen MR) is 260 cm³/mol. The fraction of sp³-hybridized carbons (Fsp3) is 0. The third kappa shape index (κ3) is 5.53. The number of hydrogen-bond acceptors (Lipinski definition) is 2. The first kappa shape index (κ1) is 34.5. The number of hydrogen-bond donors (Lipinski definition) is 0. The van der Waals surface area contributed by atoms with Gasteiger partial charge in [0, 0.05) is 31.4 Å². The van der Waals surface area contributed by atoms with E-state index in [0.29, 0.717) is 0 Å². The Morgan fingerprint density at radius 2 is 0.867 bits per heavy atom. The summed E-state index contributed by atoms with van der Waals surface area (Å²) in [4.78, 5) is 2.50. The van der Waals surface area contributed by atoms with E-state index in [0.717, 1.165) is 11.4 Å². The van der Waals surface area contributed by atoms with Crippen LogP contribution in [0.3, 0.4) is 0 Å². The largest absolute Gasteiger partial charge is 0.309 e. The van der Waals surface area contributed by atoms with Crippen LogP contribution in [0.25, 0.3) is 96.6 Å². The average Bonchev–Trinajstić information content (AvgIpc) is 3.71. The van der Waals surface area contributed by atoms with Gasteiger partial charge in [-0.3, -0.25) is 0 Å². The monoisotopic (exact) mass is 779 g/mol. The van der Waals surface area contributed by atoms with Gasteiger partial charge < -0.3 is 4.90 Å². The molecule has 0 saturated heterocycles. The maximum atomic E-state index is 2.50. The van der Waals surface area contributed by atoms with Gasteiger partial charge in [-0.2, -0.15) is 0 Å². The van der Waals surface area contributed by atoms with Crippen molar-refractivity contribution in [2.24, 2.45) is 0 Å². The maximum absolute atomic E-state index is 2.50. The predicted octanol–water partition coefficient (Wildman–Crippen LogP) is 17.1. The fourth-order valence-electron chi connectivity index (χ4n) is 9.57. The topological polar surface area (TPSA) is 3.24 Å². The zero-order valence-corrected chi connectivity index (χ0v) is 33.5. The quantitative estimate of drug-likeness (QED) is 0.152. The second-order valence-corrected chi connectivity index (χ2v) is 16.7. The van der Waals surface area contributed by atoms with E-state index in [1.165, 1.54) is 102 Å². The average molecular weight is 780 g/mol. The molecule has 12 aromatic rings. The van der Waals surface area contributed by atoms with Gasteiger partial charge in [0.05, 0.1) is 11.4 Å². The van der Waals surface area contributed by atoms with E-state index >= 15 is 0 Å². The highest BCUT2D eigenvalue weighted by Gasteiger charge is 2.23. The molecule has 0 aliphatic heterocycles. The molecule has 0 N–H and O–H groups in total. The van der Waals surface area contributed by atoms with Gasteiger partial charge in [-0.1, -0.05) is 182 Å². The lowest BCUT2D eigenvalue weighted by Gasteiger charge is -2.29. The number of para-hydroxylation sites is 1. The summed E-state index contributed by atoms with van der Waals surface area (Å²) in [6, 6.07) is 82.6.